The Kier molecular flexibility index (Phi) is 7.65. The summed E-state index contributed by atoms with van der Waals surface area (Å²) in [6.45, 7) is 0.470. The highest BCUT2D eigenvalue weighted by atomic mass is 127. The van der Waals surface area contributed by atoms with E-state index < -0.39 is 6.03 Å². The number of rotatable bonds is 7. The van der Waals surface area contributed by atoms with Crippen LogP contribution in [0, 0.1) is 3.57 Å². The molecule has 0 aliphatic carbocycles. The Labute approximate surface area is 220 Å². The fraction of sp³-hybridized carbons (Fsp3) is 0.120. The van der Waals surface area contributed by atoms with E-state index in [2.05, 4.69) is 27.9 Å². The van der Waals surface area contributed by atoms with Crippen LogP contribution in [0.25, 0.3) is 6.08 Å². The molecule has 1 N–H and O–H groups in total. The Hall–Kier alpha value is -2.75. The Morgan fingerprint density at radius 3 is 2.47 bits per heavy atom. The molecule has 0 unspecified atom stereocenters. The molecular weight excluding hydrogens is 590 g/mol. The molecule has 0 spiro atoms. The monoisotopic (exact) mass is 608 g/mol. The smallest absolute Gasteiger partial charge is 0.329 e. The summed E-state index contributed by atoms with van der Waals surface area (Å²) in [5.74, 6) is 0.670. The van der Waals surface area contributed by atoms with Crippen LogP contribution in [0.5, 0.6) is 11.5 Å². The molecule has 1 aliphatic heterocycles. The average Bonchev–Trinajstić information content (AvgIpc) is 3.08. The van der Waals surface area contributed by atoms with Gasteiger partial charge < -0.3 is 14.8 Å². The van der Waals surface area contributed by atoms with Gasteiger partial charge in [0.05, 0.1) is 27.3 Å². The first-order chi connectivity index (χ1) is 16.4. The first-order valence-corrected chi connectivity index (χ1v) is 12.0. The number of ether oxygens (including phenoxy) is 2. The van der Waals surface area contributed by atoms with Crippen LogP contribution in [0.2, 0.25) is 10.0 Å². The van der Waals surface area contributed by atoms with E-state index in [0.717, 1.165) is 14.7 Å². The van der Waals surface area contributed by atoms with Gasteiger partial charge in [-0.3, -0.25) is 9.69 Å². The lowest BCUT2D eigenvalue weighted by atomic mass is 10.1. The van der Waals surface area contributed by atoms with Gasteiger partial charge in [-0.1, -0.05) is 59.6 Å². The van der Waals surface area contributed by atoms with Crippen LogP contribution >= 0.6 is 45.8 Å². The van der Waals surface area contributed by atoms with Crippen LogP contribution in [-0.4, -0.2) is 23.9 Å². The van der Waals surface area contributed by atoms with Crippen molar-refractivity contribution >= 4 is 63.8 Å². The second kappa shape index (κ2) is 10.7. The predicted molar refractivity (Wildman–Crippen MR) is 140 cm³/mol. The van der Waals surface area contributed by atoms with Gasteiger partial charge in [-0.2, -0.15) is 0 Å². The lowest BCUT2D eigenvalue weighted by molar-refractivity contribution is -0.123. The number of methoxy groups -OCH3 is 1. The van der Waals surface area contributed by atoms with E-state index in [1.807, 2.05) is 42.5 Å². The standard InChI is InChI=1S/C25H19Cl2IN2O4/c1-33-22-12-17(10-20(28)23(22)34-14-16-7-8-18(26)19(27)9-16)11-21-24(31)30(25(32)29-21)13-15-5-3-2-4-6-15/h2-12H,13-14H2,1H3,(H,29,32)/b21-11+. The van der Waals surface area contributed by atoms with Gasteiger partial charge in [-0.05, 0) is 69.6 Å². The summed E-state index contributed by atoms with van der Waals surface area (Å²) in [4.78, 5) is 26.4. The van der Waals surface area contributed by atoms with E-state index in [0.29, 0.717) is 27.1 Å². The van der Waals surface area contributed by atoms with Gasteiger partial charge in [-0.25, -0.2) is 4.79 Å². The minimum absolute atomic E-state index is 0.197. The van der Waals surface area contributed by atoms with Crippen LogP contribution in [0.15, 0.2) is 66.4 Å². The number of benzene rings is 3. The maximum atomic E-state index is 12.8. The van der Waals surface area contributed by atoms with Crippen molar-refractivity contribution in [3.05, 3.63) is 96.7 Å². The Morgan fingerprint density at radius 1 is 1.00 bits per heavy atom. The molecule has 3 aromatic rings. The molecule has 174 valence electrons. The van der Waals surface area contributed by atoms with Gasteiger partial charge >= 0.3 is 6.03 Å². The summed E-state index contributed by atoms with van der Waals surface area (Å²) in [6.07, 6.45) is 1.62. The van der Waals surface area contributed by atoms with E-state index in [4.69, 9.17) is 32.7 Å². The second-order valence-corrected chi connectivity index (χ2v) is 9.41. The topological polar surface area (TPSA) is 67.9 Å². The van der Waals surface area contributed by atoms with Crippen molar-refractivity contribution in [1.29, 1.82) is 0 Å². The third-order valence-corrected chi connectivity index (χ3v) is 6.62. The van der Waals surface area contributed by atoms with Gasteiger partial charge in [0, 0.05) is 0 Å². The molecule has 3 aromatic carbocycles. The van der Waals surface area contributed by atoms with Crippen LogP contribution in [0.4, 0.5) is 4.79 Å². The summed E-state index contributed by atoms with van der Waals surface area (Å²) in [5.41, 5.74) is 2.61. The molecule has 9 heteroatoms. The Balaban J connectivity index is 1.53. The first-order valence-electron chi connectivity index (χ1n) is 10.2. The number of urea groups is 1. The summed E-state index contributed by atoms with van der Waals surface area (Å²) in [7, 11) is 1.54. The van der Waals surface area contributed by atoms with Crippen molar-refractivity contribution in [1.82, 2.24) is 10.2 Å². The van der Waals surface area contributed by atoms with E-state index in [1.165, 1.54) is 4.90 Å². The van der Waals surface area contributed by atoms with Crippen molar-refractivity contribution in [2.45, 2.75) is 13.2 Å². The summed E-state index contributed by atoms with van der Waals surface area (Å²) in [6, 6.07) is 17.8. The number of nitrogens with one attached hydrogen (secondary N) is 1. The predicted octanol–water partition coefficient (Wildman–Crippen LogP) is 6.28. The molecule has 1 heterocycles. The molecule has 3 amide bonds. The number of carbonyl (C=O) groups excluding carboxylic acids is 2. The second-order valence-electron chi connectivity index (χ2n) is 7.44. The fourth-order valence-corrected chi connectivity index (χ4v) is 4.50. The number of halogens is 3. The molecule has 0 atom stereocenters. The highest BCUT2D eigenvalue weighted by Crippen LogP contribution is 2.36. The van der Waals surface area contributed by atoms with E-state index in [9.17, 15) is 9.59 Å². The molecule has 0 radical (unpaired) electrons. The summed E-state index contributed by atoms with van der Waals surface area (Å²) >= 11 is 14.2. The van der Waals surface area contributed by atoms with Gasteiger partial charge in [0.25, 0.3) is 5.91 Å². The lowest BCUT2D eigenvalue weighted by Gasteiger charge is -2.14. The Bertz CT molecular complexity index is 1280. The van der Waals surface area contributed by atoms with Gasteiger partial charge in [0.2, 0.25) is 0 Å². The number of carbonyl (C=O) groups is 2. The van der Waals surface area contributed by atoms with E-state index in [-0.39, 0.29) is 24.8 Å². The average molecular weight is 609 g/mol. The molecule has 1 aliphatic rings. The molecule has 34 heavy (non-hydrogen) atoms. The molecule has 0 saturated carbocycles. The quantitative estimate of drug-likeness (QED) is 0.195. The zero-order valence-corrected chi connectivity index (χ0v) is 21.6. The molecule has 4 rings (SSSR count). The van der Waals surface area contributed by atoms with Crippen molar-refractivity contribution in [2.24, 2.45) is 0 Å². The number of nitrogens with zero attached hydrogens (tertiary/aromatic N) is 1. The van der Waals surface area contributed by atoms with Crippen molar-refractivity contribution in [3.63, 3.8) is 0 Å². The van der Waals surface area contributed by atoms with Gasteiger partial charge in [-0.15, -0.1) is 0 Å². The summed E-state index contributed by atoms with van der Waals surface area (Å²) < 4.78 is 12.3. The number of hydrogen-bond acceptors (Lipinski definition) is 4. The van der Waals surface area contributed by atoms with Crippen molar-refractivity contribution in [2.75, 3.05) is 7.11 Å². The molecular formula is C25H19Cl2IN2O4. The molecule has 1 saturated heterocycles. The minimum atomic E-state index is -0.455. The fourth-order valence-electron chi connectivity index (χ4n) is 3.40. The van der Waals surface area contributed by atoms with Crippen molar-refractivity contribution < 1.29 is 19.1 Å². The number of imide groups is 1. The number of amides is 3. The summed E-state index contributed by atoms with van der Waals surface area (Å²) in [5, 5.41) is 3.58. The van der Waals surface area contributed by atoms with Crippen LogP contribution in [0.3, 0.4) is 0 Å². The zero-order valence-electron chi connectivity index (χ0n) is 18.0. The first kappa shape index (κ1) is 24.4. The Morgan fingerprint density at radius 2 is 1.76 bits per heavy atom. The lowest BCUT2D eigenvalue weighted by Crippen LogP contribution is -2.30. The molecule has 6 nitrogen and oxygen atoms in total. The van der Waals surface area contributed by atoms with Crippen LogP contribution in [-0.2, 0) is 17.9 Å². The number of hydrogen-bond donors (Lipinski definition) is 1. The van der Waals surface area contributed by atoms with Gasteiger partial charge in [0.1, 0.15) is 12.3 Å². The highest BCUT2D eigenvalue weighted by Gasteiger charge is 2.33. The highest BCUT2D eigenvalue weighted by molar-refractivity contribution is 14.1. The van der Waals surface area contributed by atoms with Crippen LogP contribution < -0.4 is 14.8 Å². The molecule has 0 bridgehead atoms. The SMILES string of the molecule is COc1cc(/C=C2/NC(=O)N(Cc3ccccc3)C2=O)cc(I)c1OCc1ccc(Cl)c(Cl)c1. The largest absolute Gasteiger partial charge is 0.493 e. The minimum Gasteiger partial charge on any atom is -0.493 e. The maximum absolute atomic E-state index is 12.8. The normalized spacial score (nSPS) is 14.5. The molecule has 0 aromatic heterocycles. The molecule has 1 fully saturated rings. The zero-order chi connectivity index (χ0) is 24.2. The third-order valence-electron chi connectivity index (χ3n) is 5.08. The van der Waals surface area contributed by atoms with E-state index in [1.54, 1.807) is 31.4 Å². The van der Waals surface area contributed by atoms with Crippen LogP contribution in [0.1, 0.15) is 16.7 Å². The third kappa shape index (κ3) is 5.48. The van der Waals surface area contributed by atoms with Crippen molar-refractivity contribution in [3.8, 4) is 11.5 Å². The maximum Gasteiger partial charge on any atom is 0.329 e. The van der Waals surface area contributed by atoms with Gasteiger partial charge in [0.15, 0.2) is 11.5 Å². The van der Waals surface area contributed by atoms with E-state index >= 15 is 0 Å².